The third kappa shape index (κ3) is 2.71. The minimum absolute atomic E-state index is 0.0726. The van der Waals surface area contributed by atoms with E-state index >= 15 is 0 Å². The normalized spacial score (nSPS) is 10.2. The number of carboxylic acids is 1. The highest BCUT2D eigenvalue weighted by Crippen LogP contribution is 2.28. The number of benzene rings is 1. The van der Waals surface area contributed by atoms with Crippen molar-refractivity contribution in [3.8, 4) is 0 Å². The van der Waals surface area contributed by atoms with Crippen LogP contribution in [0.3, 0.4) is 0 Å². The maximum absolute atomic E-state index is 13.5. The Hall–Kier alpha value is -2.97. The summed E-state index contributed by atoms with van der Waals surface area (Å²) in [4.78, 5) is 20.8. The summed E-state index contributed by atoms with van der Waals surface area (Å²) in [6.07, 6.45) is 1.32. The molecule has 0 saturated heterocycles. The standard InChI is InChI=1S/C11H8FN3O5/c12-8-4-9(13-5-6-1-2-20-14-6)10(15(18)19)3-7(8)11(16)17/h1-4,13H,5H2,(H,16,17). The Labute approximate surface area is 111 Å². The van der Waals surface area contributed by atoms with Crippen molar-refractivity contribution in [2.75, 3.05) is 5.32 Å². The van der Waals surface area contributed by atoms with Crippen LogP contribution in [-0.4, -0.2) is 21.2 Å². The quantitative estimate of drug-likeness (QED) is 0.635. The van der Waals surface area contributed by atoms with Crippen LogP contribution in [-0.2, 0) is 6.54 Å². The van der Waals surface area contributed by atoms with E-state index in [2.05, 4.69) is 15.0 Å². The van der Waals surface area contributed by atoms with Gasteiger partial charge in [0.1, 0.15) is 29.0 Å². The molecule has 0 aliphatic heterocycles. The molecule has 0 fully saturated rings. The number of rotatable bonds is 5. The number of nitro groups is 1. The van der Waals surface area contributed by atoms with Crippen LogP contribution in [0, 0.1) is 15.9 Å². The van der Waals surface area contributed by atoms with Crippen molar-refractivity contribution >= 4 is 17.3 Å². The van der Waals surface area contributed by atoms with Crippen molar-refractivity contribution in [3.05, 3.63) is 51.7 Å². The molecule has 0 aliphatic carbocycles. The highest BCUT2D eigenvalue weighted by Gasteiger charge is 2.21. The number of hydrogen-bond donors (Lipinski definition) is 2. The molecule has 2 aromatic rings. The van der Waals surface area contributed by atoms with Gasteiger partial charge in [0.15, 0.2) is 0 Å². The van der Waals surface area contributed by atoms with Crippen LogP contribution in [0.4, 0.5) is 15.8 Å². The monoisotopic (exact) mass is 281 g/mol. The lowest BCUT2D eigenvalue weighted by atomic mass is 10.1. The van der Waals surface area contributed by atoms with Crippen LogP contribution in [0.25, 0.3) is 0 Å². The van der Waals surface area contributed by atoms with Gasteiger partial charge in [-0.3, -0.25) is 10.1 Å². The Balaban J connectivity index is 2.33. The second-order valence-corrected chi connectivity index (χ2v) is 3.76. The maximum Gasteiger partial charge on any atom is 0.338 e. The van der Waals surface area contributed by atoms with E-state index in [4.69, 9.17) is 5.11 Å². The molecule has 2 rings (SSSR count). The Morgan fingerprint density at radius 2 is 2.30 bits per heavy atom. The smallest absolute Gasteiger partial charge is 0.338 e. The number of nitro benzene ring substituents is 1. The predicted octanol–water partition coefficient (Wildman–Crippen LogP) is 2.03. The zero-order valence-corrected chi connectivity index (χ0v) is 9.87. The summed E-state index contributed by atoms with van der Waals surface area (Å²) in [6, 6.07) is 2.96. The summed E-state index contributed by atoms with van der Waals surface area (Å²) in [6.45, 7) is 0.0726. The van der Waals surface area contributed by atoms with Crippen molar-refractivity contribution < 1.29 is 23.7 Å². The lowest BCUT2D eigenvalue weighted by molar-refractivity contribution is -0.384. The molecule has 104 valence electrons. The molecule has 0 atom stereocenters. The largest absolute Gasteiger partial charge is 0.478 e. The fourth-order valence-corrected chi connectivity index (χ4v) is 1.53. The number of nitrogens with one attached hydrogen (secondary N) is 1. The van der Waals surface area contributed by atoms with Crippen molar-refractivity contribution in [2.45, 2.75) is 6.54 Å². The lowest BCUT2D eigenvalue weighted by Crippen LogP contribution is -2.07. The number of aromatic carboxylic acids is 1. The Kier molecular flexibility index (Phi) is 3.60. The van der Waals surface area contributed by atoms with E-state index in [0.29, 0.717) is 11.8 Å². The summed E-state index contributed by atoms with van der Waals surface area (Å²) in [5.74, 6) is -2.64. The van der Waals surface area contributed by atoms with Crippen LogP contribution in [0.15, 0.2) is 29.0 Å². The predicted molar refractivity (Wildman–Crippen MR) is 63.8 cm³/mol. The van der Waals surface area contributed by atoms with E-state index in [1.165, 1.54) is 12.3 Å². The molecular formula is C11H8FN3O5. The van der Waals surface area contributed by atoms with Crippen LogP contribution in [0.2, 0.25) is 0 Å². The van der Waals surface area contributed by atoms with Crippen LogP contribution >= 0.6 is 0 Å². The molecule has 2 N–H and O–H groups in total. The Morgan fingerprint density at radius 3 is 2.85 bits per heavy atom. The van der Waals surface area contributed by atoms with Crippen LogP contribution in [0.5, 0.6) is 0 Å². The molecule has 0 amide bonds. The molecule has 0 aliphatic rings. The van der Waals surface area contributed by atoms with Gasteiger partial charge in [-0.1, -0.05) is 5.16 Å². The van der Waals surface area contributed by atoms with Gasteiger partial charge in [0.2, 0.25) is 0 Å². The van der Waals surface area contributed by atoms with E-state index in [0.717, 1.165) is 6.07 Å². The molecule has 1 aromatic heterocycles. The summed E-state index contributed by atoms with van der Waals surface area (Å²) < 4.78 is 18.1. The first-order valence-corrected chi connectivity index (χ1v) is 5.33. The average molecular weight is 281 g/mol. The highest BCUT2D eigenvalue weighted by molar-refractivity contribution is 5.90. The van der Waals surface area contributed by atoms with Crippen LogP contribution < -0.4 is 5.32 Å². The lowest BCUT2D eigenvalue weighted by Gasteiger charge is -2.07. The summed E-state index contributed by atoms with van der Waals surface area (Å²) in [7, 11) is 0. The van der Waals surface area contributed by atoms with Crippen molar-refractivity contribution in [3.63, 3.8) is 0 Å². The zero-order valence-electron chi connectivity index (χ0n) is 9.87. The molecule has 0 saturated carbocycles. The highest BCUT2D eigenvalue weighted by atomic mass is 19.1. The average Bonchev–Trinajstić information content (AvgIpc) is 2.88. The van der Waals surface area contributed by atoms with Gasteiger partial charge >= 0.3 is 5.97 Å². The van der Waals surface area contributed by atoms with Crippen LogP contribution in [0.1, 0.15) is 16.1 Å². The van der Waals surface area contributed by atoms with Crippen molar-refractivity contribution in [1.29, 1.82) is 0 Å². The first-order chi connectivity index (χ1) is 9.49. The van der Waals surface area contributed by atoms with E-state index in [9.17, 15) is 19.3 Å². The van der Waals surface area contributed by atoms with Crippen molar-refractivity contribution in [2.24, 2.45) is 0 Å². The molecule has 8 nitrogen and oxygen atoms in total. The van der Waals surface area contributed by atoms with Gasteiger partial charge in [0.25, 0.3) is 5.69 Å². The number of carbonyl (C=O) groups is 1. The van der Waals surface area contributed by atoms with Gasteiger partial charge in [-0.25, -0.2) is 9.18 Å². The molecule has 1 aromatic carbocycles. The third-order valence-electron chi connectivity index (χ3n) is 2.46. The maximum atomic E-state index is 13.5. The number of halogens is 1. The molecule has 1 heterocycles. The van der Waals surface area contributed by atoms with Gasteiger partial charge in [0.05, 0.1) is 11.5 Å². The number of hydrogen-bond acceptors (Lipinski definition) is 6. The number of aromatic nitrogens is 1. The fraction of sp³-hybridized carbons (Fsp3) is 0.0909. The van der Waals surface area contributed by atoms with Gasteiger partial charge in [0, 0.05) is 18.2 Å². The number of carboxylic acid groups (broad SMARTS) is 1. The van der Waals surface area contributed by atoms with E-state index in [1.54, 1.807) is 0 Å². The molecule has 9 heteroatoms. The van der Waals surface area contributed by atoms with Gasteiger partial charge in [-0.2, -0.15) is 0 Å². The molecular weight excluding hydrogens is 273 g/mol. The summed E-state index contributed by atoms with van der Waals surface area (Å²) in [5.41, 5.74) is -0.974. The molecule has 0 radical (unpaired) electrons. The summed E-state index contributed by atoms with van der Waals surface area (Å²) in [5, 5.41) is 25.8. The minimum Gasteiger partial charge on any atom is -0.478 e. The molecule has 0 unspecified atom stereocenters. The fourth-order valence-electron chi connectivity index (χ4n) is 1.53. The van der Waals surface area contributed by atoms with E-state index in [1.807, 2.05) is 0 Å². The topological polar surface area (TPSA) is 118 Å². The first kappa shape index (κ1) is 13.5. The molecule has 0 spiro atoms. The second-order valence-electron chi connectivity index (χ2n) is 3.76. The van der Waals surface area contributed by atoms with E-state index < -0.39 is 28.0 Å². The SMILES string of the molecule is O=C(O)c1cc([N+](=O)[O-])c(NCc2ccon2)cc1F. The van der Waals surface area contributed by atoms with Gasteiger partial charge in [-0.05, 0) is 0 Å². The Morgan fingerprint density at radius 1 is 1.55 bits per heavy atom. The second kappa shape index (κ2) is 5.34. The molecule has 20 heavy (non-hydrogen) atoms. The number of nitrogens with zero attached hydrogens (tertiary/aromatic N) is 2. The summed E-state index contributed by atoms with van der Waals surface area (Å²) >= 11 is 0. The van der Waals surface area contributed by atoms with Gasteiger partial charge < -0.3 is 14.9 Å². The third-order valence-corrected chi connectivity index (χ3v) is 2.46. The Bertz CT molecular complexity index is 656. The van der Waals surface area contributed by atoms with Crippen molar-refractivity contribution in [1.82, 2.24) is 5.16 Å². The minimum atomic E-state index is -1.58. The molecule has 0 bridgehead atoms. The first-order valence-electron chi connectivity index (χ1n) is 5.33. The zero-order chi connectivity index (χ0) is 14.7. The van der Waals surface area contributed by atoms with E-state index in [-0.39, 0.29) is 12.2 Å². The van der Waals surface area contributed by atoms with Gasteiger partial charge in [-0.15, -0.1) is 0 Å². The number of anilines is 1.